The molecule has 1 saturated heterocycles. The number of halogens is 4. The standard InChI is InChI=1S/C31H26F4N6O2/c1-19-17-41(30(20-3-7-22(32)8-4-20)21-5-10-25(11-6-21)43-31(33,34)35)24(13-14-36)18-40(19)27-15-28(42)39(2)26-12-9-23(16-37)38-29(26)27/h3-12,15,19,24,30H,13,17-18H2,1-2H3/t19-,24+,30?/m0/s1. The van der Waals surface area contributed by atoms with E-state index in [1.165, 1.54) is 47.0 Å². The molecule has 43 heavy (non-hydrogen) atoms. The zero-order chi connectivity index (χ0) is 30.9. The van der Waals surface area contributed by atoms with E-state index >= 15 is 0 Å². The van der Waals surface area contributed by atoms with Crippen LogP contribution in [0.15, 0.2) is 71.5 Å². The van der Waals surface area contributed by atoms with Crippen LogP contribution in [-0.2, 0) is 7.05 Å². The number of rotatable bonds is 6. The fraction of sp³-hybridized carbons (Fsp3) is 0.290. The first kappa shape index (κ1) is 29.5. The number of aromatic nitrogens is 2. The zero-order valence-electron chi connectivity index (χ0n) is 23.2. The van der Waals surface area contributed by atoms with Gasteiger partial charge in [-0.1, -0.05) is 24.3 Å². The van der Waals surface area contributed by atoms with Gasteiger partial charge in [-0.3, -0.25) is 9.69 Å². The molecular formula is C31H26F4N6O2. The maximum absolute atomic E-state index is 13.9. The van der Waals surface area contributed by atoms with Gasteiger partial charge in [0.05, 0.1) is 29.7 Å². The summed E-state index contributed by atoms with van der Waals surface area (Å²) in [6, 6.07) is 19.2. The van der Waals surface area contributed by atoms with Gasteiger partial charge in [-0.25, -0.2) is 9.37 Å². The Kier molecular flexibility index (Phi) is 8.07. The summed E-state index contributed by atoms with van der Waals surface area (Å²) in [6.07, 6.45) is -4.75. The molecule has 0 spiro atoms. The number of hydrogen-bond acceptors (Lipinski definition) is 7. The first-order valence-corrected chi connectivity index (χ1v) is 13.4. The molecule has 3 atom stereocenters. The third kappa shape index (κ3) is 6.15. The van der Waals surface area contributed by atoms with Crippen molar-refractivity contribution in [3.8, 4) is 17.9 Å². The van der Waals surface area contributed by atoms with E-state index in [-0.39, 0.29) is 29.5 Å². The van der Waals surface area contributed by atoms with E-state index in [0.29, 0.717) is 40.9 Å². The van der Waals surface area contributed by atoms with Crippen LogP contribution in [0.4, 0.5) is 23.2 Å². The van der Waals surface area contributed by atoms with Gasteiger partial charge in [0, 0.05) is 38.3 Å². The molecule has 220 valence electrons. The molecular weight excluding hydrogens is 564 g/mol. The minimum atomic E-state index is -4.84. The molecule has 0 saturated carbocycles. The number of piperazine rings is 1. The van der Waals surface area contributed by atoms with Crippen LogP contribution in [0.3, 0.4) is 0 Å². The van der Waals surface area contributed by atoms with Gasteiger partial charge in [-0.2, -0.15) is 10.5 Å². The van der Waals surface area contributed by atoms with Gasteiger partial charge in [-0.05, 0) is 54.4 Å². The largest absolute Gasteiger partial charge is 0.573 e. The Bertz CT molecular complexity index is 1780. The van der Waals surface area contributed by atoms with Crippen LogP contribution in [0.1, 0.15) is 36.2 Å². The SMILES string of the molecule is C[C@H]1CN(C(c2ccc(F)cc2)c2ccc(OC(F)(F)F)cc2)[C@H](CC#N)CN1c1cc(=O)n(C)c2ccc(C#N)nc12. The Labute approximate surface area is 244 Å². The lowest BCUT2D eigenvalue weighted by molar-refractivity contribution is -0.274. The molecule has 2 aromatic heterocycles. The number of anilines is 1. The summed E-state index contributed by atoms with van der Waals surface area (Å²) in [4.78, 5) is 21.5. The highest BCUT2D eigenvalue weighted by molar-refractivity contribution is 5.89. The monoisotopic (exact) mass is 590 g/mol. The van der Waals surface area contributed by atoms with Crippen molar-refractivity contribution >= 4 is 16.7 Å². The quantitative estimate of drug-likeness (QED) is 0.277. The van der Waals surface area contributed by atoms with Crippen LogP contribution >= 0.6 is 0 Å². The van der Waals surface area contributed by atoms with E-state index in [4.69, 9.17) is 0 Å². The Morgan fingerprint density at radius 2 is 1.67 bits per heavy atom. The minimum Gasteiger partial charge on any atom is -0.406 e. The molecule has 0 radical (unpaired) electrons. The van der Waals surface area contributed by atoms with Crippen LogP contribution in [0.25, 0.3) is 11.0 Å². The fourth-order valence-corrected chi connectivity index (χ4v) is 5.67. The van der Waals surface area contributed by atoms with Crippen molar-refractivity contribution in [1.82, 2.24) is 14.5 Å². The van der Waals surface area contributed by atoms with Gasteiger partial charge in [0.25, 0.3) is 5.56 Å². The van der Waals surface area contributed by atoms with Crippen LogP contribution in [0.5, 0.6) is 5.75 Å². The van der Waals surface area contributed by atoms with Crippen molar-refractivity contribution in [1.29, 1.82) is 10.5 Å². The Balaban J connectivity index is 1.57. The summed E-state index contributed by atoms with van der Waals surface area (Å²) in [5.41, 5.74) is 2.83. The molecule has 8 nitrogen and oxygen atoms in total. The number of hydrogen-bond donors (Lipinski definition) is 0. The summed E-state index contributed by atoms with van der Waals surface area (Å²) < 4.78 is 57.8. The average molecular weight is 591 g/mol. The molecule has 5 rings (SSSR count). The smallest absolute Gasteiger partial charge is 0.406 e. The summed E-state index contributed by atoms with van der Waals surface area (Å²) in [5, 5.41) is 19.3. The van der Waals surface area contributed by atoms with E-state index in [2.05, 4.69) is 20.7 Å². The number of alkyl halides is 3. The lowest BCUT2D eigenvalue weighted by atomic mass is 9.92. The minimum absolute atomic E-state index is 0.0931. The first-order valence-electron chi connectivity index (χ1n) is 13.4. The molecule has 0 aliphatic carbocycles. The van der Waals surface area contributed by atoms with Crippen molar-refractivity contribution in [3.63, 3.8) is 0 Å². The maximum Gasteiger partial charge on any atom is 0.573 e. The summed E-state index contributed by atoms with van der Waals surface area (Å²) in [7, 11) is 1.63. The lowest BCUT2D eigenvalue weighted by Crippen LogP contribution is -2.58. The van der Waals surface area contributed by atoms with E-state index < -0.39 is 24.3 Å². The van der Waals surface area contributed by atoms with Gasteiger partial charge < -0.3 is 14.2 Å². The fourth-order valence-electron chi connectivity index (χ4n) is 5.67. The highest BCUT2D eigenvalue weighted by atomic mass is 19.4. The highest BCUT2D eigenvalue weighted by Crippen LogP contribution is 2.37. The number of nitriles is 2. The van der Waals surface area contributed by atoms with Crippen molar-refractivity contribution < 1.29 is 22.3 Å². The van der Waals surface area contributed by atoms with Crippen molar-refractivity contribution in [2.75, 3.05) is 18.0 Å². The van der Waals surface area contributed by atoms with E-state index in [1.54, 1.807) is 31.3 Å². The summed E-state index contributed by atoms with van der Waals surface area (Å²) in [6.45, 7) is 2.64. The molecule has 1 fully saturated rings. The molecule has 0 amide bonds. The van der Waals surface area contributed by atoms with Crippen molar-refractivity contribution in [2.24, 2.45) is 7.05 Å². The van der Waals surface area contributed by atoms with Gasteiger partial charge >= 0.3 is 6.36 Å². The van der Waals surface area contributed by atoms with Gasteiger partial charge in [0.15, 0.2) is 0 Å². The number of fused-ring (bicyclic) bond motifs is 1. The second-order valence-corrected chi connectivity index (χ2v) is 10.4. The second-order valence-electron chi connectivity index (χ2n) is 10.4. The zero-order valence-corrected chi connectivity index (χ0v) is 23.2. The molecule has 0 N–H and O–H groups in total. The molecule has 2 aromatic carbocycles. The average Bonchev–Trinajstić information content (AvgIpc) is 2.97. The van der Waals surface area contributed by atoms with E-state index in [9.17, 15) is 32.9 Å². The molecule has 1 aliphatic heterocycles. The van der Waals surface area contributed by atoms with Gasteiger partial charge in [0.1, 0.15) is 28.8 Å². The first-order chi connectivity index (χ1) is 20.5. The molecule has 12 heteroatoms. The molecule has 1 unspecified atom stereocenters. The molecule has 4 aromatic rings. The number of nitrogens with zero attached hydrogens (tertiary/aromatic N) is 6. The molecule has 0 bridgehead atoms. The van der Waals surface area contributed by atoms with Gasteiger partial charge in [0.2, 0.25) is 0 Å². The van der Waals surface area contributed by atoms with Gasteiger partial charge in [-0.15, -0.1) is 13.2 Å². The maximum atomic E-state index is 13.9. The Morgan fingerprint density at radius 1 is 1.02 bits per heavy atom. The predicted octanol–water partition coefficient (Wildman–Crippen LogP) is 5.43. The topological polar surface area (TPSA) is 98.2 Å². The Morgan fingerprint density at radius 3 is 2.28 bits per heavy atom. The van der Waals surface area contributed by atoms with E-state index in [1.807, 2.05) is 17.9 Å². The Hall–Kier alpha value is -4.94. The third-order valence-electron chi connectivity index (χ3n) is 7.65. The van der Waals surface area contributed by atoms with Crippen molar-refractivity contribution in [3.05, 3.63) is 99.7 Å². The van der Waals surface area contributed by atoms with Crippen molar-refractivity contribution in [2.45, 2.75) is 37.8 Å². The van der Waals surface area contributed by atoms with Crippen LogP contribution in [-0.4, -0.2) is 46.0 Å². The third-order valence-corrected chi connectivity index (χ3v) is 7.65. The molecule has 3 heterocycles. The number of ether oxygens (including phenoxy) is 1. The highest BCUT2D eigenvalue weighted by Gasteiger charge is 2.38. The van der Waals surface area contributed by atoms with E-state index in [0.717, 1.165) is 0 Å². The molecule has 1 aliphatic rings. The van der Waals surface area contributed by atoms with Crippen LogP contribution in [0.2, 0.25) is 0 Å². The second kappa shape index (κ2) is 11.7. The summed E-state index contributed by atoms with van der Waals surface area (Å²) >= 11 is 0. The lowest BCUT2D eigenvalue weighted by Gasteiger charge is -2.49. The van der Waals surface area contributed by atoms with Crippen LogP contribution in [0, 0.1) is 28.5 Å². The van der Waals surface area contributed by atoms with Crippen LogP contribution < -0.4 is 15.2 Å². The summed E-state index contributed by atoms with van der Waals surface area (Å²) in [5.74, 6) is -0.812. The normalized spacial score (nSPS) is 18.2. The predicted molar refractivity (Wildman–Crippen MR) is 151 cm³/mol. The number of pyridine rings is 2. The number of aryl methyl sites for hydroxylation is 1. The number of benzene rings is 2.